The van der Waals surface area contributed by atoms with E-state index in [0.717, 1.165) is 11.3 Å². The van der Waals surface area contributed by atoms with Gasteiger partial charge in [0.25, 0.3) is 0 Å². The van der Waals surface area contributed by atoms with Gasteiger partial charge >= 0.3 is 5.97 Å². The maximum atomic E-state index is 11.8. The summed E-state index contributed by atoms with van der Waals surface area (Å²) in [4.78, 5) is 26.1. The van der Waals surface area contributed by atoms with Crippen molar-refractivity contribution < 1.29 is 14.7 Å². The molecule has 2 rings (SSSR count). The number of carboxylic acid groups (broad SMARTS) is 1. The van der Waals surface area contributed by atoms with Gasteiger partial charge in [0.05, 0.1) is 6.54 Å². The van der Waals surface area contributed by atoms with Crippen molar-refractivity contribution in [2.24, 2.45) is 5.73 Å². The number of aromatic carboxylic acids is 1. The van der Waals surface area contributed by atoms with Crippen LogP contribution in [-0.4, -0.2) is 37.8 Å². The molecule has 0 aliphatic heterocycles. The molecule has 9 heteroatoms. The van der Waals surface area contributed by atoms with Gasteiger partial charge in [-0.3, -0.25) is 9.48 Å². The van der Waals surface area contributed by atoms with E-state index in [1.54, 1.807) is 18.5 Å². The maximum Gasteiger partial charge on any atom is 0.355 e. The van der Waals surface area contributed by atoms with Crippen LogP contribution in [-0.2, 0) is 11.3 Å². The van der Waals surface area contributed by atoms with Gasteiger partial charge in [-0.1, -0.05) is 0 Å². The molecule has 1 atom stereocenters. The van der Waals surface area contributed by atoms with Crippen molar-refractivity contribution in [2.45, 2.75) is 12.6 Å². The van der Waals surface area contributed by atoms with Crippen molar-refractivity contribution in [2.75, 3.05) is 5.32 Å². The van der Waals surface area contributed by atoms with E-state index in [1.165, 1.54) is 10.1 Å². The molecule has 2 heterocycles. The molecular weight excluding hydrogens is 270 g/mol. The molecule has 0 aliphatic carbocycles. The lowest BCUT2D eigenvalue weighted by Gasteiger charge is -2.10. The summed E-state index contributed by atoms with van der Waals surface area (Å²) in [5, 5.41) is 16.7. The number of nitrogens with two attached hydrogens (primary N) is 1. The average Bonchev–Trinajstić information content (AvgIpc) is 2.99. The van der Waals surface area contributed by atoms with Gasteiger partial charge in [-0.25, -0.2) is 9.78 Å². The summed E-state index contributed by atoms with van der Waals surface area (Å²) in [5.41, 5.74) is 5.60. The van der Waals surface area contributed by atoms with Crippen LogP contribution in [0.1, 0.15) is 10.5 Å². The van der Waals surface area contributed by atoms with E-state index >= 15 is 0 Å². The summed E-state index contributed by atoms with van der Waals surface area (Å²) < 4.78 is 1.54. The SMILES string of the molecule is NC(Cn1cccn1)C(=O)Nc1nc(C(=O)O)cs1. The van der Waals surface area contributed by atoms with Crippen molar-refractivity contribution in [3.05, 3.63) is 29.5 Å². The average molecular weight is 281 g/mol. The molecule has 0 bridgehead atoms. The Balaban J connectivity index is 1.94. The Morgan fingerprint density at radius 3 is 2.95 bits per heavy atom. The zero-order valence-electron chi connectivity index (χ0n) is 9.68. The highest BCUT2D eigenvalue weighted by Gasteiger charge is 2.17. The van der Waals surface area contributed by atoms with Gasteiger partial charge in [-0.05, 0) is 6.07 Å². The highest BCUT2D eigenvalue weighted by molar-refractivity contribution is 7.14. The standard InChI is InChI=1S/C10H11N5O3S/c11-6(4-15-3-1-2-12-15)8(16)14-10-13-7(5-19-10)9(17)18/h1-3,5-6H,4,11H2,(H,17,18)(H,13,14,16). The van der Waals surface area contributed by atoms with Gasteiger partial charge in [0.15, 0.2) is 10.8 Å². The minimum Gasteiger partial charge on any atom is -0.476 e. The monoisotopic (exact) mass is 281 g/mol. The molecule has 0 aliphatic rings. The summed E-state index contributed by atoms with van der Waals surface area (Å²) in [6, 6.07) is 0.932. The maximum absolute atomic E-state index is 11.8. The number of carboxylic acids is 1. The molecule has 0 aromatic carbocycles. The third kappa shape index (κ3) is 3.36. The number of carbonyl (C=O) groups is 2. The molecule has 0 saturated heterocycles. The molecule has 8 nitrogen and oxygen atoms in total. The van der Waals surface area contributed by atoms with Gasteiger partial charge in [-0.2, -0.15) is 5.10 Å². The molecule has 4 N–H and O–H groups in total. The Bertz CT molecular complexity index is 580. The number of aromatic nitrogens is 3. The van der Waals surface area contributed by atoms with Crippen molar-refractivity contribution in [1.29, 1.82) is 0 Å². The van der Waals surface area contributed by atoms with E-state index in [9.17, 15) is 9.59 Å². The zero-order valence-corrected chi connectivity index (χ0v) is 10.5. The van der Waals surface area contributed by atoms with Crippen molar-refractivity contribution in [3.63, 3.8) is 0 Å². The molecule has 0 spiro atoms. The highest BCUT2D eigenvalue weighted by Crippen LogP contribution is 2.15. The predicted octanol–water partition coefficient (Wildman–Crippen LogP) is 0.00380. The second-order valence-electron chi connectivity index (χ2n) is 3.67. The van der Waals surface area contributed by atoms with Crippen LogP contribution in [0.3, 0.4) is 0 Å². The van der Waals surface area contributed by atoms with E-state index in [1.807, 2.05) is 0 Å². The molecule has 100 valence electrons. The Kier molecular flexibility index (Phi) is 3.88. The first-order chi connectivity index (χ1) is 9.06. The Morgan fingerprint density at radius 1 is 1.58 bits per heavy atom. The summed E-state index contributed by atoms with van der Waals surface area (Å²) in [6.07, 6.45) is 3.28. The molecule has 0 fully saturated rings. The van der Waals surface area contributed by atoms with E-state index in [-0.39, 0.29) is 17.4 Å². The molecule has 0 saturated carbocycles. The second-order valence-corrected chi connectivity index (χ2v) is 4.53. The fourth-order valence-corrected chi connectivity index (χ4v) is 2.01. The molecule has 19 heavy (non-hydrogen) atoms. The number of nitrogens with zero attached hydrogens (tertiary/aromatic N) is 3. The van der Waals surface area contributed by atoms with Crippen LogP contribution in [0.4, 0.5) is 5.13 Å². The van der Waals surface area contributed by atoms with Gasteiger partial charge in [0, 0.05) is 17.8 Å². The number of anilines is 1. The lowest BCUT2D eigenvalue weighted by molar-refractivity contribution is -0.117. The van der Waals surface area contributed by atoms with Crippen LogP contribution in [0.5, 0.6) is 0 Å². The number of hydrogen-bond donors (Lipinski definition) is 3. The normalized spacial score (nSPS) is 12.1. The minimum atomic E-state index is -1.14. The van der Waals surface area contributed by atoms with Crippen LogP contribution in [0.25, 0.3) is 0 Å². The predicted molar refractivity (Wildman–Crippen MR) is 67.9 cm³/mol. The Labute approximate surface area is 111 Å². The number of rotatable bonds is 5. The van der Waals surface area contributed by atoms with E-state index < -0.39 is 17.9 Å². The number of carbonyl (C=O) groups excluding carboxylic acids is 1. The van der Waals surface area contributed by atoms with E-state index in [2.05, 4.69) is 15.4 Å². The van der Waals surface area contributed by atoms with Gasteiger partial charge < -0.3 is 16.2 Å². The summed E-state index contributed by atoms with van der Waals surface area (Å²) in [5.74, 6) is -1.58. The quantitative estimate of drug-likeness (QED) is 0.709. The van der Waals surface area contributed by atoms with Crippen LogP contribution < -0.4 is 11.1 Å². The van der Waals surface area contributed by atoms with Crippen LogP contribution in [0.15, 0.2) is 23.8 Å². The third-order valence-electron chi connectivity index (χ3n) is 2.23. The number of hydrogen-bond acceptors (Lipinski definition) is 6. The molecule has 1 unspecified atom stereocenters. The summed E-state index contributed by atoms with van der Waals surface area (Å²) >= 11 is 1.03. The topological polar surface area (TPSA) is 123 Å². The zero-order chi connectivity index (χ0) is 13.8. The molecular formula is C10H11N5O3S. The van der Waals surface area contributed by atoms with Crippen molar-refractivity contribution in [1.82, 2.24) is 14.8 Å². The lowest BCUT2D eigenvalue weighted by Crippen LogP contribution is -2.39. The summed E-state index contributed by atoms with van der Waals surface area (Å²) in [7, 11) is 0. The number of amides is 1. The first-order valence-electron chi connectivity index (χ1n) is 5.29. The first-order valence-corrected chi connectivity index (χ1v) is 6.17. The van der Waals surface area contributed by atoms with Gasteiger partial charge in [0.2, 0.25) is 5.91 Å². The lowest BCUT2D eigenvalue weighted by atomic mass is 10.3. The van der Waals surface area contributed by atoms with Gasteiger partial charge in [0.1, 0.15) is 6.04 Å². The number of nitrogens with one attached hydrogen (secondary N) is 1. The largest absolute Gasteiger partial charge is 0.476 e. The van der Waals surface area contributed by atoms with Gasteiger partial charge in [-0.15, -0.1) is 11.3 Å². The van der Waals surface area contributed by atoms with Crippen LogP contribution >= 0.6 is 11.3 Å². The molecule has 1 amide bonds. The van der Waals surface area contributed by atoms with E-state index in [0.29, 0.717) is 0 Å². The Morgan fingerprint density at radius 2 is 2.37 bits per heavy atom. The fraction of sp³-hybridized carbons (Fsp3) is 0.200. The first kappa shape index (κ1) is 13.2. The smallest absolute Gasteiger partial charge is 0.355 e. The van der Waals surface area contributed by atoms with E-state index in [4.69, 9.17) is 10.8 Å². The van der Waals surface area contributed by atoms with Crippen LogP contribution in [0.2, 0.25) is 0 Å². The molecule has 0 radical (unpaired) electrons. The van der Waals surface area contributed by atoms with Crippen molar-refractivity contribution in [3.8, 4) is 0 Å². The Hall–Kier alpha value is -2.26. The highest BCUT2D eigenvalue weighted by atomic mass is 32.1. The molecule has 2 aromatic heterocycles. The van der Waals surface area contributed by atoms with Crippen molar-refractivity contribution >= 4 is 28.3 Å². The summed E-state index contributed by atoms with van der Waals surface area (Å²) in [6.45, 7) is 0.232. The fourth-order valence-electron chi connectivity index (χ4n) is 1.32. The third-order valence-corrected chi connectivity index (χ3v) is 2.99. The van der Waals surface area contributed by atoms with Crippen LogP contribution in [0, 0.1) is 0 Å². The second kappa shape index (κ2) is 5.59. The minimum absolute atomic E-state index is 0.110. The molecule has 2 aromatic rings. The number of thiazole rings is 1.